The summed E-state index contributed by atoms with van der Waals surface area (Å²) < 4.78 is 0. The Balaban J connectivity index is 1.35. The summed E-state index contributed by atoms with van der Waals surface area (Å²) in [5.74, 6) is -4.57. The molecule has 6 atom stereocenters. The van der Waals surface area contributed by atoms with Crippen molar-refractivity contribution in [2.24, 2.45) is 23.7 Å². The number of Topliss-reactive ketones (excluding diaryl/α,β-unsaturated/α-hetero) is 1. The van der Waals surface area contributed by atoms with Crippen LogP contribution in [0, 0.1) is 30.6 Å². The van der Waals surface area contributed by atoms with E-state index in [9.17, 15) is 19.5 Å². The number of rotatable bonds is 4. The molecular formula is C41H32ClNO5. The minimum absolute atomic E-state index is 0.00284. The normalized spacial score (nSPS) is 28.0. The van der Waals surface area contributed by atoms with Crippen LogP contribution in [0.1, 0.15) is 41.0 Å². The van der Waals surface area contributed by atoms with Crippen LogP contribution in [0.5, 0.6) is 5.75 Å². The first-order valence-electron chi connectivity index (χ1n) is 16.3. The number of hydrogen-bond donors (Lipinski definition) is 1. The van der Waals surface area contributed by atoms with Gasteiger partial charge in [0.15, 0.2) is 11.6 Å². The zero-order valence-corrected chi connectivity index (χ0v) is 26.9. The first-order chi connectivity index (χ1) is 23.2. The number of aromatic hydroxyl groups is 1. The first kappa shape index (κ1) is 30.3. The quantitative estimate of drug-likeness (QED) is 0.183. The summed E-state index contributed by atoms with van der Waals surface area (Å²) in [6.07, 6.45) is 3.97. The molecule has 0 spiro atoms. The summed E-state index contributed by atoms with van der Waals surface area (Å²) in [5, 5.41) is 11.9. The fraction of sp³-hybridized carbons (Fsp3) is 0.220. The smallest absolute Gasteiger partial charge is 0.238 e. The molecule has 6 nitrogen and oxygen atoms in total. The lowest BCUT2D eigenvalue weighted by molar-refractivity contribution is -0.135. The van der Waals surface area contributed by atoms with Crippen LogP contribution in [0.25, 0.3) is 5.57 Å². The minimum Gasteiger partial charge on any atom is -0.508 e. The van der Waals surface area contributed by atoms with E-state index in [1.807, 2.05) is 79.7 Å². The number of fused-ring (bicyclic) bond motifs is 4. The van der Waals surface area contributed by atoms with Crippen molar-refractivity contribution >= 4 is 46.2 Å². The predicted octanol–water partition coefficient (Wildman–Crippen LogP) is 7.38. The molecule has 0 bridgehead atoms. The van der Waals surface area contributed by atoms with Crippen molar-refractivity contribution in [3.05, 3.63) is 148 Å². The van der Waals surface area contributed by atoms with Gasteiger partial charge in [-0.1, -0.05) is 108 Å². The third-order valence-electron chi connectivity index (χ3n) is 11.0. The zero-order chi connectivity index (χ0) is 33.3. The molecule has 48 heavy (non-hydrogen) atoms. The molecule has 4 aromatic rings. The molecule has 3 aliphatic carbocycles. The second-order valence-corrected chi connectivity index (χ2v) is 13.7. The number of ketones is 2. The molecule has 1 N–H and O–H groups in total. The van der Waals surface area contributed by atoms with E-state index >= 15 is 4.79 Å². The average molecular weight is 654 g/mol. The van der Waals surface area contributed by atoms with Crippen LogP contribution in [0.4, 0.5) is 5.69 Å². The molecule has 238 valence electrons. The Hall–Kier alpha value is -5.07. The summed E-state index contributed by atoms with van der Waals surface area (Å²) >= 11 is 6.44. The Labute approximate surface area is 283 Å². The van der Waals surface area contributed by atoms with Crippen LogP contribution in [0.3, 0.4) is 0 Å². The van der Waals surface area contributed by atoms with Gasteiger partial charge in [0.05, 0.1) is 22.9 Å². The van der Waals surface area contributed by atoms with E-state index in [0.29, 0.717) is 39.4 Å². The van der Waals surface area contributed by atoms with Gasteiger partial charge in [0.1, 0.15) is 5.75 Å². The highest BCUT2D eigenvalue weighted by molar-refractivity contribution is 6.33. The van der Waals surface area contributed by atoms with Crippen molar-refractivity contribution in [3.63, 3.8) is 0 Å². The number of aryl methyl sites for hydroxylation is 1. The minimum atomic E-state index is -1.39. The fourth-order valence-corrected chi connectivity index (χ4v) is 9.10. The molecule has 1 saturated heterocycles. The van der Waals surface area contributed by atoms with E-state index in [1.165, 1.54) is 11.0 Å². The number of phenolic OH excluding ortho intramolecular Hbond substituents is 1. The number of amides is 2. The Morgan fingerprint density at radius 3 is 2.21 bits per heavy atom. The molecule has 2 fully saturated rings. The maximum Gasteiger partial charge on any atom is 0.238 e. The van der Waals surface area contributed by atoms with Gasteiger partial charge in [0, 0.05) is 28.0 Å². The van der Waals surface area contributed by atoms with Crippen molar-refractivity contribution in [1.29, 1.82) is 0 Å². The van der Waals surface area contributed by atoms with Gasteiger partial charge in [0.25, 0.3) is 0 Å². The van der Waals surface area contributed by atoms with Crippen LogP contribution >= 0.6 is 11.6 Å². The van der Waals surface area contributed by atoms with Crippen molar-refractivity contribution in [2.75, 3.05) is 4.90 Å². The molecule has 1 saturated carbocycles. The van der Waals surface area contributed by atoms with E-state index in [-0.39, 0.29) is 35.6 Å². The second-order valence-electron chi connectivity index (χ2n) is 13.3. The topological polar surface area (TPSA) is 91.8 Å². The molecular weight excluding hydrogens is 622 g/mol. The Morgan fingerprint density at radius 1 is 0.812 bits per heavy atom. The highest BCUT2D eigenvalue weighted by Crippen LogP contribution is 2.64. The highest BCUT2D eigenvalue weighted by Gasteiger charge is 2.66. The molecule has 7 heteroatoms. The van der Waals surface area contributed by atoms with Gasteiger partial charge in [0.2, 0.25) is 11.8 Å². The summed E-state index contributed by atoms with van der Waals surface area (Å²) in [6.45, 7) is 1.86. The highest BCUT2D eigenvalue weighted by atomic mass is 35.5. The van der Waals surface area contributed by atoms with E-state index < -0.39 is 35.0 Å². The maximum atomic E-state index is 15.0. The fourth-order valence-electron chi connectivity index (χ4n) is 8.93. The van der Waals surface area contributed by atoms with Gasteiger partial charge in [-0.2, -0.15) is 0 Å². The van der Waals surface area contributed by atoms with Crippen molar-refractivity contribution < 1.29 is 24.3 Å². The molecule has 4 aromatic carbocycles. The Bertz CT molecular complexity index is 2090. The Morgan fingerprint density at radius 2 is 1.50 bits per heavy atom. The number of halogens is 1. The number of phenols is 1. The number of carbonyl (C=O) groups excluding carboxylic acids is 4. The Kier molecular flexibility index (Phi) is 7.11. The lowest BCUT2D eigenvalue weighted by atomic mass is 9.44. The lowest BCUT2D eigenvalue weighted by Gasteiger charge is -2.55. The standard InChI is InChI=1S/C41H32ClNO5/c1-23-16-17-26(20-33(23)42)43-39(47)29-19-18-27-31(36(29)40(43)48)21-32-38(46)30(24-10-4-2-5-11-24)22-35(45)41(32,25-12-6-3-7-13-25)37(27)28-14-8-9-15-34(28)44/h2-18,20,22,29,31-32,36-37,44H,19,21H2,1H3. The third-order valence-corrected chi connectivity index (χ3v) is 11.4. The van der Waals surface area contributed by atoms with Crippen LogP contribution in [0.15, 0.2) is 121 Å². The molecule has 6 unspecified atom stereocenters. The molecule has 1 aliphatic heterocycles. The monoisotopic (exact) mass is 653 g/mol. The SMILES string of the molecule is Cc1ccc(N2C(=O)C3CC=C4C(CC5C(=O)C(c6ccccc6)=CC(=O)C5(c5ccccc5)C4c4ccccc4O)C3C2=O)cc1Cl. The lowest BCUT2D eigenvalue weighted by Crippen LogP contribution is -2.58. The summed E-state index contributed by atoms with van der Waals surface area (Å²) in [7, 11) is 0. The van der Waals surface area contributed by atoms with Crippen molar-refractivity contribution in [1.82, 2.24) is 0 Å². The van der Waals surface area contributed by atoms with Crippen LogP contribution in [-0.4, -0.2) is 28.5 Å². The zero-order valence-electron chi connectivity index (χ0n) is 26.2. The van der Waals surface area contributed by atoms with Gasteiger partial charge >= 0.3 is 0 Å². The van der Waals surface area contributed by atoms with E-state index in [2.05, 4.69) is 0 Å². The van der Waals surface area contributed by atoms with E-state index in [4.69, 9.17) is 11.6 Å². The molecule has 2 amide bonds. The largest absolute Gasteiger partial charge is 0.508 e. The van der Waals surface area contributed by atoms with Gasteiger partial charge < -0.3 is 5.11 Å². The summed E-state index contributed by atoms with van der Waals surface area (Å²) in [5.41, 5.74) is 2.83. The third kappa shape index (κ3) is 4.25. The van der Waals surface area contributed by atoms with Crippen molar-refractivity contribution in [3.8, 4) is 5.75 Å². The maximum absolute atomic E-state index is 15.0. The van der Waals surface area contributed by atoms with E-state index in [1.54, 1.807) is 36.4 Å². The van der Waals surface area contributed by atoms with Gasteiger partial charge in [-0.25, -0.2) is 4.90 Å². The number of nitrogens with zero attached hydrogens (tertiary/aromatic N) is 1. The van der Waals surface area contributed by atoms with Crippen LogP contribution in [0.2, 0.25) is 5.02 Å². The predicted molar refractivity (Wildman–Crippen MR) is 183 cm³/mol. The number of benzene rings is 4. The average Bonchev–Trinajstić information content (AvgIpc) is 3.36. The summed E-state index contributed by atoms with van der Waals surface area (Å²) in [4.78, 5) is 59.7. The number of para-hydroxylation sites is 1. The molecule has 1 heterocycles. The van der Waals surface area contributed by atoms with Crippen molar-refractivity contribution in [2.45, 2.75) is 31.1 Å². The molecule has 0 aromatic heterocycles. The first-order valence-corrected chi connectivity index (χ1v) is 16.6. The number of anilines is 1. The number of allylic oxidation sites excluding steroid dienone is 4. The van der Waals surface area contributed by atoms with Crippen LogP contribution in [-0.2, 0) is 24.6 Å². The second kappa shape index (κ2) is 11.3. The molecule has 4 aliphatic rings. The number of hydrogen-bond acceptors (Lipinski definition) is 5. The molecule has 8 rings (SSSR count). The molecule has 0 radical (unpaired) electrons. The number of carbonyl (C=O) groups is 4. The van der Waals surface area contributed by atoms with Gasteiger partial charge in [-0.05, 0) is 66.6 Å². The van der Waals surface area contributed by atoms with Crippen LogP contribution < -0.4 is 4.90 Å². The van der Waals surface area contributed by atoms with Gasteiger partial charge in [-0.3, -0.25) is 19.2 Å². The summed E-state index contributed by atoms with van der Waals surface area (Å²) in [6, 6.07) is 30.6. The van der Waals surface area contributed by atoms with E-state index in [0.717, 1.165) is 11.1 Å². The number of imide groups is 1. The van der Waals surface area contributed by atoms with Gasteiger partial charge in [-0.15, -0.1) is 0 Å².